The molecule has 0 aliphatic heterocycles. The number of hydrogen-bond donors (Lipinski definition) is 1. The highest BCUT2D eigenvalue weighted by molar-refractivity contribution is 8.00. The number of nitrogens with one attached hydrogen (secondary N) is 1. The highest BCUT2D eigenvalue weighted by atomic mass is 35.5. The van der Waals surface area contributed by atoms with Gasteiger partial charge in [0, 0.05) is 35.3 Å². The van der Waals surface area contributed by atoms with Gasteiger partial charge in [0.05, 0.1) is 5.75 Å². The van der Waals surface area contributed by atoms with Crippen LogP contribution in [-0.2, 0) is 4.79 Å². The summed E-state index contributed by atoms with van der Waals surface area (Å²) in [6.07, 6.45) is 0. The molecule has 0 heterocycles. The van der Waals surface area contributed by atoms with Gasteiger partial charge in [-0.3, -0.25) is 9.59 Å². The lowest BCUT2D eigenvalue weighted by atomic mass is 10.1. The molecule has 2 aromatic rings. The Morgan fingerprint density at radius 2 is 1.79 bits per heavy atom. The number of amides is 2. The lowest BCUT2D eigenvalue weighted by molar-refractivity contribution is -0.113. The number of halogens is 1. The van der Waals surface area contributed by atoms with E-state index in [-0.39, 0.29) is 17.6 Å². The Morgan fingerprint density at radius 3 is 2.42 bits per heavy atom. The normalized spacial score (nSPS) is 10.3. The molecule has 0 fully saturated rings. The summed E-state index contributed by atoms with van der Waals surface area (Å²) in [6, 6.07) is 12.6. The molecule has 0 bridgehead atoms. The van der Waals surface area contributed by atoms with E-state index in [2.05, 4.69) is 5.32 Å². The molecule has 0 saturated carbocycles. The first-order valence-corrected chi connectivity index (χ1v) is 8.73. The molecule has 0 atom stereocenters. The second kappa shape index (κ2) is 8.22. The van der Waals surface area contributed by atoms with Crippen LogP contribution in [0.3, 0.4) is 0 Å². The molecule has 2 amide bonds. The number of thioether (sulfide) groups is 1. The van der Waals surface area contributed by atoms with Crippen molar-refractivity contribution in [3.63, 3.8) is 0 Å². The average Bonchev–Trinajstić information content (AvgIpc) is 2.55. The highest BCUT2D eigenvalue weighted by Gasteiger charge is 2.12. The number of benzene rings is 2. The molecule has 0 aliphatic carbocycles. The molecule has 2 aromatic carbocycles. The van der Waals surface area contributed by atoms with Crippen LogP contribution in [-0.4, -0.2) is 36.6 Å². The zero-order valence-electron chi connectivity index (χ0n) is 13.8. The summed E-state index contributed by atoms with van der Waals surface area (Å²) in [5.41, 5.74) is 2.12. The quantitative estimate of drug-likeness (QED) is 0.815. The average molecular weight is 363 g/mol. The molecule has 2 rings (SSSR count). The second-order valence-corrected chi connectivity index (χ2v) is 7.01. The molecule has 6 heteroatoms. The van der Waals surface area contributed by atoms with Gasteiger partial charge in [-0.15, -0.1) is 11.8 Å². The van der Waals surface area contributed by atoms with E-state index >= 15 is 0 Å². The number of anilines is 1. The van der Waals surface area contributed by atoms with Crippen molar-refractivity contribution in [2.24, 2.45) is 0 Å². The van der Waals surface area contributed by atoms with E-state index in [4.69, 9.17) is 11.6 Å². The number of nitrogens with zero attached hydrogens (tertiary/aromatic N) is 1. The molecule has 4 nitrogen and oxygen atoms in total. The Morgan fingerprint density at radius 1 is 1.12 bits per heavy atom. The Bertz CT molecular complexity index is 745. The number of aryl methyl sites for hydroxylation is 1. The lowest BCUT2D eigenvalue weighted by Gasteiger charge is -2.13. The van der Waals surface area contributed by atoms with Crippen LogP contribution in [0.1, 0.15) is 15.9 Å². The first kappa shape index (κ1) is 18.4. The largest absolute Gasteiger partial charge is 0.345 e. The van der Waals surface area contributed by atoms with Crippen LogP contribution in [0.25, 0.3) is 0 Å². The molecule has 0 radical (unpaired) electrons. The van der Waals surface area contributed by atoms with Crippen molar-refractivity contribution in [2.75, 3.05) is 25.2 Å². The fourth-order valence-electron chi connectivity index (χ4n) is 2.01. The van der Waals surface area contributed by atoms with Gasteiger partial charge in [0.25, 0.3) is 5.91 Å². The summed E-state index contributed by atoms with van der Waals surface area (Å²) in [7, 11) is 3.40. The van der Waals surface area contributed by atoms with Gasteiger partial charge >= 0.3 is 0 Å². The van der Waals surface area contributed by atoms with Crippen molar-refractivity contribution in [2.45, 2.75) is 11.8 Å². The predicted molar refractivity (Wildman–Crippen MR) is 100 cm³/mol. The third-order valence-electron chi connectivity index (χ3n) is 3.35. The van der Waals surface area contributed by atoms with Crippen LogP contribution < -0.4 is 5.32 Å². The molecular weight excluding hydrogens is 344 g/mol. The van der Waals surface area contributed by atoms with Gasteiger partial charge in [-0.2, -0.15) is 0 Å². The lowest BCUT2D eigenvalue weighted by Crippen LogP contribution is -2.22. The highest BCUT2D eigenvalue weighted by Crippen LogP contribution is 2.22. The first-order valence-electron chi connectivity index (χ1n) is 7.37. The van der Waals surface area contributed by atoms with E-state index in [1.807, 2.05) is 25.1 Å². The van der Waals surface area contributed by atoms with E-state index in [9.17, 15) is 9.59 Å². The van der Waals surface area contributed by atoms with E-state index in [0.717, 1.165) is 10.5 Å². The molecule has 0 aromatic heterocycles. The number of carbonyl (C=O) groups excluding carboxylic acids is 2. The summed E-state index contributed by atoms with van der Waals surface area (Å²) in [6.45, 7) is 1.89. The smallest absolute Gasteiger partial charge is 0.253 e. The van der Waals surface area contributed by atoms with Crippen LogP contribution in [0.5, 0.6) is 0 Å². The van der Waals surface area contributed by atoms with E-state index in [0.29, 0.717) is 16.3 Å². The predicted octanol–water partition coefficient (Wildman–Crippen LogP) is 4.08. The molecule has 24 heavy (non-hydrogen) atoms. The maximum Gasteiger partial charge on any atom is 0.253 e. The molecule has 126 valence electrons. The third-order valence-corrected chi connectivity index (χ3v) is 4.61. The van der Waals surface area contributed by atoms with Crippen molar-refractivity contribution in [3.05, 3.63) is 58.6 Å². The molecule has 0 saturated heterocycles. The Balaban J connectivity index is 2.01. The minimum Gasteiger partial charge on any atom is -0.345 e. The maximum atomic E-state index is 12.2. The Hall–Kier alpha value is -1.98. The Labute approximate surface area is 151 Å². The Kier molecular flexibility index (Phi) is 6.29. The molecule has 0 unspecified atom stereocenters. The van der Waals surface area contributed by atoms with Gasteiger partial charge < -0.3 is 10.2 Å². The van der Waals surface area contributed by atoms with Crippen LogP contribution in [0.4, 0.5) is 5.69 Å². The van der Waals surface area contributed by atoms with Gasteiger partial charge in [0.15, 0.2) is 0 Å². The summed E-state index contributed by atoms with van der Waals surface area (Å²) in [5, 5.41) is 3.54. The summed E-state index contributed by atoms with van der Waals surface area (Å²) in [4.78, 5) is 26.7. The van der Waals surface area contributed by atoms with Crippen LogP contribution in [0, 0.1) is 6.92 Å². The zero-order chi connectivity index (χ0) is 17.7. The van der Waals surface area contributed by atoms with Gasteiger partial charge in [0.2, 0.25) is 5.91 Å². The molecule has 1 N–H and O–H groups in total. The van der Waals surface area contributed by atoms with Crippen LogP contribution >= 0.6 is 23.4 Å². The summed E-state index contributed by atoms with van der Waals surface area (Å²) in [5.74, 6) is 0.0703. The van der Waals surface area contributed by atoms with Gasteiger partial charge in [-0.1, -0.05) is 17.7 Å². The molecule has 0 aliphatic rings. The standard InChI is InChI=1S/C18H19ClN2O2S/c1-12-4-5-13(18(23)21(2)3)10-16(12)20-17(22)11-24-15-8-6-14(19)7-9-15/h4-10H,11H2,1-3H3,(H,20,22). The van der Waals surface area contributed by atoms with Crippen molar-refractivity contribution in [1.29, 1.82) is 0 Å². The van der Waals surface area contributed by atoms with Gasteiger partial charge in [0.1, 0.15) is 0 Å². The monoisotopic (exact) mass is 362 g/mol. The van der Waals surface area contributed by atoms with Crippen molar-refractivity contribution >= 4 is 40.9 Å². The van der Waals surface area contributed by atoms with Gasteiger partial charge in [-0.05, 0) is 48.9 Å². The fraction of sp³-hybridized carbons (Fsp3) is 0.222. The fourth-order valence-corrected chi connectivity index (χ4v) is 2.84. The van der Waals surface area contributed by atoms with Crippen molar-refractivity contribution < 1.29 is 9.59 Å². The minimum absolute atomic E-state index is 0.0963. The summed E-state index contributed by atoms with van der Waals surface area (Å²) >= 11 is 7.27. The first-order chi connectivity index (χ1) is 11.4. The maximum absolute atomic E-state index is 12.2. The van der Waals surface area contributed by atoms with Crippen LogP contribution in [0.2, 0.25) is 5.02 Å². The third kappa shape index (κ3) is 5.01. The van der Waals surface area contributed by atoms with Gasteiger partial charge in [-0.25, -0.2) is 0 Å². The summed E-state index contributed by atoms with van der Waals surface area (Å²) < 4.78 is 0. The molecule has 0 spiro atoms. The number of rotatable bonds is 5. The minimum atomic E-state index is -0.118. The number of carbonyl (C=O) groups is 2. The SMILES string of the molecule is Cc1ccc(C(=O)N(C)C)cc1NC(=O)CSc1ccc(Cl)cc1. The topological polar surface area (TPSA) is 49.4 Å². The van der Waals surface area contributed by atoms with Crippen LogP contribution in [0.15, 0.2) is 47.4 Å². The van der Waals surface area contributed by atoms with E-state index < -0.39 is 0 Å². The van der Waals surface area contributed by atoms with Crippen molar-refractivity contribution in [3.8, 4) is 0 Å². The van der Waals surface area contributed by atoms with E-state index in [1.165, 1.54) is 16.7 Å². The number of hydrogen-bond acceptors (Lipinski definition) is 3. The molecular formula is C18H19ClN2O2S. The second-order valence-electron chi connectivity index (χ2n) is 5.52. The van der Waals surface area contributed by atoms with Crippen molar-refractivity contribution in [1.82, 2.24) is 4.90 Å². The van der Waals surface area contributed by atoms with E-state index in [1.54, 1.807) is 38.4 Å². The zero-order valence-corrected chi connectivity index (χ0v) is 15.4.